The Bertz CT molecular complexity index is 536. The molecule has 4 fully saturated rings. The highest BCUT2D eigenvalue weighted by Gasteiger charge is 2.64. The normalized spacial score (nSPS) is 58.7. The smallest absolute Gasteiger partial charge is 0.130 e. The van der Waals surface area contributed by atoms with E-state index in [-0.39, 0.29) is 11.5 Å². The summed E-state index contributed by atoms with van der Waals surface area (Å²) < 4.78 is 0. The third-order valence-electron chi connectivity index (χ3n) is 9.03. The van der Waals surface area contributed by atoms with Crippen molar-refractivity contribution >= 4 is 0 Å². The van der Waals surface area contributed by atoms with Crippen LogP contribution in [0.2, 0.25) is 0 Å². The van der Waals surface area contributed by atoms with Crippen molar-refractivity contribution < 1.29 is 10.2 Å². The van der Waals surface area contributed by atoms with Gasteiger partial charge in [0.2, 0.25) is 0 Å². The van der Waals surface area contributed by atoms with Crippen LogP contribution < -0.4 is 0 Å². The molecule has 4 saturated carbocycles. The molecule has 0 spiro atoms. The number of hydrogen-bond acceptors (Lipinski definition) is 2. The van der Waals surface area contributed by atoms with Crippen LogP contribution in [0.1, 0.15) is 71.6 Å². The Morgan fingerprint density at radius 1 is 0.957 bits per heavy atom. The van der Waals surface area contributed by atoms with Crippen molar-refractivity contribution in [2.75, 3.05) is 0 Å². The quantitative estimate of drug-likeness (QED) is 0.668. The third kappa shape index (κ3) is 1.96. The van der Waals surface area contributed by atoms with Crippen LogP contribution in [0.25, 0.3) is 0 Å². The number of rotatable bonds is 0. The van der Waals surface area contributed by atoms with Gasteiger partial charge < -0.3 is 10.2 Å². The van der Waals surface area contributed by atoms with Gasteiger partial charge in [0.05, 0.1) is 6.10 Å². The molecule has 0 bridgehead atoms. The van der Waals surface area contributed by atoms with Gasteiger partial charge in [-0.05, 0) is 86.9 Å². The first kappa shape index (κ1) is 16.0. The van der Waals surface area contributed by atoms with E-state index in [1.165, 1.54) is 25.7 Å². The summed E-state index contributed by atoms with van der Waals surface area (Å²) in [6.07, 6.45) is 15.6. The van der Waals surface area contributed by atoms with Gasteiger partial charge in [0.25, 0.3) is 0 Å². The lowest BCUT2D eigenvalue weighted by Gasteiger charge is -2.61. The first-order valence-corrected chi connectivity index (χ1v) is 9.72. The number of hydrogen-bond donors (Lipinski definition) is 2. The average Bonchev–Trinajstić information content (AvgIpc) is 2.80. The molecule has 0 radical (unpaired) electrons. The summed E-state index contributed by atoms with van der Waals surface area (Å²) in [4.78, 5) is 0. The third-order valence-corrected chi connectivity index (χ3v) is 9.03. The van der Waals surface area contributed by atoms with Crippen LogP contribution >= 0.6 is 0 Å². The highest BCUT2D eigenvalue weighted by molar-refractivity contribution is 5.23. The fraction of sp³-hybridized carbons (Fsp3) is 0.905. The van der Waals surface area contributed by atoms with Gasteiger partial charge in [-0.15, -0.1) is 6.42 Å². The van der Waals surface area contributed by atoms with Crippen molar-refractivity contribution in [3.8, 4) is 12.3 Å². The van der Waals surface area contributed by atoms with Crippen LogP contribution in [0.3, 0.4) is 0 Å². The molecule has 0 aliphatic heterocycles. The molecule has 2 nitrogen and oxygen atoms in total. The summed E-state index contributed by atoms with van der Waals surface area (Å²) in [6, 6.07) is 0. The zero-order valence-corrected chi connectivity index (χ0v) is 14.7. The summed E-state index contributed by atoms with van der Waals surface area (Å²) in [5.74, 6) is 5.56. The molecule has 0 amide bonds. The summed E-state index contributed by atoms with van der Waals surface area (Å²) in [7, 11) is 0. The summed E-state index contributed by atoms with van der Waals surface area (Å²) in [6.45, 7) is 4.77. The Morgan fingerprint density at radius 3 is 2.43 bits per heavy atom. The van der Waals surface area contributed by atoms with Crippen LogP contribution in [0.4, 0.5) is 0 Å². The summed E-state index contributed by atoms with van der Waals surface area (Å²) >= 11 is 0. The van der Waals surface area contributed by atoms with E-state index in [1.54, 1.807) is 0 Å². The minimum absolute atomic E-state index is 0.0727. The molecule has 2 heteroatoms. The van der Waals surface area contributed by atoms with Crippen molar-refractivity contribution in [1.29, 1.82) is 0 Å². The van der Waals surface area contributed by atoms with Crippen molar-refractivity contribution in [2.24, 2.45) is 34.5 Å². The standard InChI is InChI=1S/C21H32O2/c1-4-21(23)12-9-18-16-6-5-14-13-15(22)7-10-19(14,2)17(16)8-11-20(18,21)3/h1,14-18,22-23H,5-13H2,2-3H3/t14-,15+,16?,17?,18?,19?,20?,21-/m0/s1. The van der Waals surface area contributed by atoms with Crippen molar-refractivity contribution in [2.45, 2.75) is 83.3 Å². The van der Waals surface area contributed by atoms with E-state index in [0.717, 1.165) is 43.9 Å². The van der Waals surface area contributed by atoms with E-state index >= 15 is 0 Å². The van der Waals surface area contributed by atoms with Gasteiger partial charge in [-0.1, -0.05) is 19.8 Å². The van der Waals surface area contributed by atoms with E-state index in [4.69, 9.17) is 6.42 Å². The molecule has 23 heavy (non-hydrogen) atoms. The Morgan fingerprint density at radius 2 is 1.70 bits per heavy atom. The Hall–Kier alpha value is -0.520. The van der Waals surface area contributed by atoms with Crippen LogP contribution in [0.15, 0.2) is 0 Å². The number of terminal acetylenes is 1. The monoisotopic (exact) mass is 316 g/mol. The maximum absolute atomic E-state index is 11.0. The topological polar surface area (TPSA) is 40.5 Å². The maximum Gasteiger partial charge on any atom is 0.130 e. The van der Waals surface area contributed by atoms with Gasteiger partial charge in [-0.2, -0.15) is 0 Å². The Balaban J connectivity index is 1.65. The predicted molar refractivity (Wildman–Crippen MR) is 91.5 cm³/mol. The van der Waals surface area contributed by atoms with Gasteiger partial charge >= 0.3 is 0 Å². The van der Waals surface area contributed by atoms with Gasteiger partial charge in [0.15, 0.2) is 0 Å². The molecule has 0 aromatic rings. The molecule has 0 saturated heterocycles. The molecule has 5 unspecified atom stereocenters. The second-order valence-electron chi connectivity index (χ2n) is 9.58. The van der Waals surface area contributed by atoms with E-state index < -0.39 is 5.60 Å². The largest absolute Gasteiger partial charge is 0.393 e. The molecule has 8 atom stereocenters. The molecule has 4 aliphatic carbocycles. The van der Waals surface area contributed by atoms with E-state index in [9.17, 15) is 10.2 Å². The first-order valence-electron chi connectivity index (χ1n) is 9.72. The lowest BCUT2D eigenvalue weighted by molar-refractivity contribution is -0.144. The summed E-state index contributed by atoms with van der Waals surface area (Å²) in [5, 5.41) is 21.1. The molecule has 4 rings (SSSR count). The van der Waals surface area contributed by atoms with Crippen molar-refractivity contribution in [3.05, 3.63) is 0 Å². The number of fused-ring (bicyclic) bond motifs is 5. The van der Waals surface area contributed by atoms with Crippen molar-refractivity contribution in [1.82, 2.24) is 0 Å². The first-order chi connectivity index (χ1) is 10.8. The molecule has 0 aromatic carbocycles. The maximum atomic E-state index is 11.0. The highest BCUT2D eigenvalue weighted by atomic mass is 16.3. The van der Waals surface area contributed by atoms with E-state index in [0.29, 0.717) is 17.3 Å². The lowest BCUT2D eigenvalue weighted by Crippen LogP contribution is -2.56. The van der Waals surface area contributed by atoms with Crippen LogP contribution in [0.5, 0.6) is 0 Å². The minimum atomic E-state index is -0.886. The summed E-state index contributed by atoms with van der Waals surface area (Å²) in [5.41, 5.74) is -0.566. The molecule has 0 aromatic heterocycles. The second kappa shape index (κ2) is 4.99. The molecular formula is C21H32O2. The van der Waals surface area contributed by atoms with Crippen LogP contribution in [-0.4, -0.2) is 21.9 Å². The molecule has 128 valence electrons. The fourth-order valence-corrected chi connectivity index (χ4v) is 7.49. The van der Waals surface area contributed by atoms with Gasteiger partial charge in [-0.25, -0.2) is 0 Å². The van der Waals surface area contributed by atoms with Crippen LogP contribution in [0, 0.1) is 46.8 Å². The molecule has 2 N–H and O–H groups in total. The Kier molecular flexibility index (Phi) is 3.47. The number of aliphatic hydroxyl groups excluding tert-OH is 1. The average molecular weight is 316 g/mol. The SMILES string of the molecule is C#C[C@]1(O)CCC2C3CC[C@H]4C[C@H](O)CCC4(C)C3CCC21C. The minimum Gasteiger partial charge on any atom is -0.393 e. The van der Waals surface area contributed by atoms with E-state index in [1.807, 2.05) is 0 Å². The van der Waals surface area contributed by atoms with Gasteiger partial charge in [0.1, 0.15) is 5.60 Å². The molecule has 0 heterocycles. The van der Waals surface area contributed by atoms with Gasteiger partial charge in [0, 0.05) is 5.41 Å². The fourth-order valence-electron chi connectivity index (χ4n) is 7.49. The number of aliphatic hydroxyl groups is 2. The zero-order valence-electron chi connectivity index (χ0n) is 14.7. The molecular weight excluding hydrogens is 284 g/mol. The Labute approximate surface area is 141 Å². The lowest BCUT2D eigenvalue weighted by atomic mass is 9.44. The van der Waals surface area contributed by atoms with Crippen LogP contribution in [-0.2, 0) is 0 Å². The predicted octanol–water partition coefficient (Wildman–Crippen LogP) is 3.75. The highest BCUT2D eigenvalue weighted by Crippen LogP contribution is 2.68. The second-order valence-corrected chi connectivity index (χ2v) is 9.58. The van der Waals surface area contributed by atoms with Gasteiger partial charge in [-0.3, -0.25) is 0 Å². The van der Waals surface area contributed by atoms with E-state index in [2.05, 4.69) is 19.8 Å². The van der Waals surface area contributed by atoms with Crippen molar-refractivity contribution in [3.63, 3.8) is 0 Å². The molecule has 4 aliphatic rings. The zero-order chi connectivity index (χ0) is 16.5.